The molecule has 1 saturated heterocycles. The van der Waals surface area contributed by atoms with Gasteiger partial charge in [0.05, 0.1) is 40.8 Å². The van der Waals surface area contributed by atoms with Crippen LogP contribution in [0.1, 0.15) is 30.9 Å². The van der Waals surface area contributed by atoms with Crippen LogP contribution in [0, 0.1) is 11.5 Å². The smallest absolute Gasteiger partial charge is 0.331 e. The number of carbonyl (C=O) groups excluding carboxylic acids is 1. The molecule has 0 spiro atoms. The predicted octanol–water partition coefficient (Wildman–Crippen LogP) is 5.04. The predicted molar refractivity (Wildman–Crippen MR) is 145 cm³/mol. The normalized spacial score (nSPS) is 19.6. The highest BCUT2D eigenvalue weighted by atomic mass is 35.5. The van der Waals surface area contributed by atoms with Crippen molar-refractivity contribution in [2.75, 3.05) is 25.0 Å². The van der Waals surface area contributed by atoms with Crippen molar-refractivity contribution in [2.45, 2.75) is 44.4 Å². The number of nitrogens with one attached hydrogen (secondary N) is 2. The van der Waals surface area contributed by atoms with Crippen molar-refractivity contribution in [2.24, 2.45) is 10.1 Å². The van der Waals surface area contributed by atoms with Gasteiger partial charge in [-0.3, -0.25) is 4.79 Å². The second kappa shape index (κ2) is 12.2. The van der Waals surface area contributed by atoms with Crippen molar-refractivity contribution in [3.63, 3.8) is 0 Å². The van der Waals surface area contributed by atoms with E-state index < -0.39 is 18.6 Å². The Morgan fingerprint density at radius 1 is 1.28 bits per heavy atom. The molecule has 2 aromatic rings. The van der Waals surface area contributed by atoms with Crippen LogP contribution in [0.2, 0.25) is 10.0 Å². The second-order valence-electron chi connectivity index (χ2n) is 9.14. The fraction of sp³-hybridized carbons (Fsp3) is 0.385. The Hall–Kier alpha value is -3.33. The SMILES string of the molecule is CCN(C(=O)[C@H]1CCCN1)C1CN(/C(=N\C#N)Nc2cccc(CC(F)(F)F)c2)N=C1c1ccc(Cl)c(Cl)c1. The monoisotopic (exact) mass is 579 g/mol. The molecule has 4 rings (SSSR count). The van der Waals surface area contributed by atoms with Gasteiger partial charge in [-0.25, -0.2) is 5.01 Å². The summed E-state index contributed by atoms with van der Waals surface area (Å²) in [4.78, 5) is 19.0. The first kappa shape index (κ1) is 28.7. The largest absolute Gasteiger partial charge is 0.393 e. The van der Waals surface area contributed by atoms with Gasteiger partial charge in [-0.1, -0.05) is 41.4 Å². The summed E-state index contributed by atoms with van der Waals surface area (Å²) in [6, 6.07) is 9.95. The summed E-state index contributed by atoms with van der Waals surface area (Å²) in [6.45, 7) is 3.18. The highest BCUT2D eigenvalue weighted by molar-refractivity contribution is 6.42. The molecular formula is C26H26Cl2F3N7O. The number of nitrogens with zero attached hydrogens (tertiary/aromatic N) is 5. The first-order chi connectivity index (χ1) is 18.6. The minimum absolute atomic E-state index is 0.00390. The van der Waals surface area contributed by atoms with Gasteiger partial charge in [0.15, 0.2) is 0 Å². The zero-order chi connectivity index (χ0) is 28.2. The third-order valence-electron chi connectivity index (χ3n) is 6.45. The average molecular weight is 580 g/mol. The van der Waals surface area contributed by atoms with Crippen molar-refractivity contribution in [1.82, 2.24) is 15.2 Å². The number of alkyl halides is 3. The van der Waals surface area contributed by atoms with E-state index in [4.69, 9.17) is 28.3 Å². The maximum atomic E-state index is 13.5. The lowest BCUT2D eigenvalue weighted by atomic mass is 10.0. The van der Waals surface area contributed by atoms with Gasteiger partial charge in [0.2, 0.25) is 18.1 Å². The van der Waals surface area contributed by atoms with Gasteiger partial charge in [0.25, 0.3) is 0 Å². The molecule has 1 amide bonds. The standard InChI is InChI=1S/C26H26Cl2F3N7O/c1-2-37(24(39)21-7-4-10-33-21)22-14-38(36-23(22)17-8-9-19(27)20(28)12-17)25(34-15-32)35-18-6-3-5-16(11-18)13-26(29,30)31/h3,5-6,8-9,11-12,21-22,33H,2,4,7,10,13-14H2,1H3,(H,34,35)/t21-,22?/m1/s1. The molecule has 0 radical (unpaired) electrons. The number of aliphatic imine (C=N–C) groups is 1. The molecule has 1 fully saturated rings. The van der Waals surface area contributed by atoms with Crippen molar-refractivity contribution < 1.29 is 18.0 Å². The number of amides is 1. The number of benzene rings is 2. The van der Waals surface area contributed by atoms with Crippen LogP contribution >= 0.6 is 23.2 Å². The minimum atomic E-state index is -4.37. The summed E-state index contributed by atoms with van der Waals surface area (Å²) < 4.78 is 38.8. The number of hydrazone groups is 1. The van der Waals surface area contributed by atoms with Gasteiger partial charge < -0.3 is 15.5 Å². The Balaban J connectivity index is 1.68. The van der Waals surface area contributed by atoms with E-state index in [1.165, 1.54) is 23.2 Å². The quantitative estimate of drug-likeness (QED) is 0.284. The van der Waals surface area contributed by atoms with Crippen LogP contribution in [0.3, 0.4) is 0 Å². The molecule has 2 aliphatic rings. The number of guanidine groups is 1. The average Bonchev–Trinajstić information content (AvgIpc) is 3.56. The highest BCUT2D eigenvalue weighted by Crippen LogP contribution is 2.28. The fourth-order valence-electron chi connectivity index (χ4n) is 4.72. The van der Waals surface area contributed by atoms with E-state index in [2.05, 4.69) is 15.6 Å². The zero-order valence-corrected chi connectivity index (χ0v) is 22.5. The number of likely N-dealkylation sites (N-methyl/N-ethyl adjacent to an activating group) is 1. The number of carbonyl (C=O) groups is 1. The van der Waals surface area contributed by atoms with Crippen LogP contribution in [-0.2, 0) is 11.2 Å². The minimum Gasteiger partial charge on any atom is -0.331 e. The third-order valence-corrected chi connectivity index (χ3v) is 7.19. The molecule has 0 bridgehead atoms. The molecule has 2 aromatic carbocycles. The van der Waals surface area contributed by atoms with Crippen LogP contribution in [0.5, 0.6) is 0 Å². The third kappa shape index (κ3) is 7.01. The molecule has 2 atom stereocenters. The Morgan fingerprint density at radius 2 is 2.08 bits per heavy atom. The van der Waals surface area contributed by atoms with Gasteiger partial charge in [-0.15, -0.1) is 4.99 Å². The van der Waals surface area contributed by atoms with Crippen LogP contribution in [0.15, 0.2) is 52.6 Å². The van der Waals surface area contributed by atoms with Gasteiger partial charge in [0.1, 0.15) is 0 Å². The molecule has 13 heteroatoms. The molecule has 2 aliphatic heterocycles. The van der Waals surface area contributed by atoms with Gasteiger partial charge in [0, 0.05) is 17.8 Å². The molecule has 39 heavy (non-hydrogen) atoms. The van der Waals surface area contributed by atoms with Crippen molar-refractivity contribution in [3.05, 3.63) is 63.6 Å². The zero-order valence-electron chi connectivity index (χ0n) is 21.0. The number of hydrogen-bond acceptors (Lipinski definition) is 5. The van der Waals surface area contributed by atoms with E-state index in [9.17, 15) is 23.2 Å². The number of halogens is 5. The number of nitriles is 1. The van der Waals surface area contributed by atoms with Gasteiger partial charge in [-0.05, 0) is 56.1 Å². The summed E-state index contributed by atoms with van der Waals surface area (Å²) in [5.41, 5.74) is 1.50. The molecule has 2 N–H and O–H groups in total. The van der Waals surface area contributed by atoms with Crippen molar-refractivity contribution in [3.8, 4) is 6.19 Å². The van der Waals surface area contributed by atoms with Crippen LogP contribution in [-0.4, -0.2) is 65.4 Å². The molecule has 0 aliphatic carbocycles. The number of anilines is 1. The lowest BCUT2D eigenvalue weighted by Gasteiger charge is -2.31. The van der Waals surface area contributed by atoms with Crippen LogP contribution in [0.4, 0.5) is 18.9 Å². The van der Waals surface area contributed by atoms with Gasteiger partial charge in [-0.2, -0.15) is 23.5 Å². The summed E-state index contributed by atoms with van der Waals surface area (Å²) in [5, 5.41) is 22.3. The Labute approximate surface area is 234 Å². The summed E-state index contributed by atoms with van der Waals surface area (Å²) in [5.74, 6) is -0.0644. The first-order valence-electron chi connectivity index (χ1n) is 12.3. The molecule has 2 heterocycles. The molecule has 1 unspecified atom stereocenters. The molecule has 0 aromatic heterocycles. The van der Waals surface area contributed by atoms with E-state index in [1.54, 1.807) is 35.4 Å². The molecule has 8 nitrogen and oxygen atoms in total. The van der Waals surface area contributed by atoms with E-state index in [1.807, 2.05) is 6.92 Å². The van der Waals surface area contributed by atoms with E-state index in [0.29, 0.717) is 33.6 Å². The second-order valence-corrected chi connectivity index (χ2v) is 9.95. The molecule has 206 valence electrons. The molecular weight excluding hydrogens is 554 g/mol. The lowest BCUT2D eigenvalue weighted by molar-refractivity contribution is -0.134. The lowest BCUT2D eigenvalue weighted by Crippen LogP contribution is -2.52. The number of rotatable bonds is 6. The fourth-order valence-corrected chi connectivity index (χ4v) is 5.01. The van der Waals surface area contributed by atoms with E-state index in [0.717, 1.165) is 19.4 Å². The summed E-state index contributed by atoms with van der Waals surface area (Å²) in [7, 11) is 0. The Morgan fingerprint density at radius 3 is 2.72 bits per heavy atom. The maximum absolute atomic E-state index is 13.5. The van der Waals surface area contributed by atoms with E-state index >= 15 is 0 Å². The summed E-state index contributed by atoms with van der Waals surface area (Å²) in [6.07, 6.45) is -2.12. The molecule has 0 saturated carbocycles. The van der Waals surface area contributed by atoms with Crippen LogP contribution < -0.4 is 10.6 Å². The van der Waals surface area contributed by atoms with Crippen molar-refractivity contribution >= 4 is 46.5 Å². The van der Waals surface area contributed by atoms with Gasteiger partial charge >= 0.3 is 6.18 Å². The summed E-state index contributed by atoms with van der Waals surface area (Å²) >= 11 is 12.4. The van der Waals surface area contributed by atoms with Crippen LogP contribution in [0.25, 0.3) is 0 Å². The Bertz CT molecular complexity index is 1320. The Kier molecular flexibility index (Phi) is 9.00. The van der Waals surface area contributed by atoms with Crippen molar-refractivity contribution in [1.29, 1.82) is 5.26 Å². The maximum Gasteiger partial charge on any atom is 0.393 e. The first-order valence-corrected chi connectivity index (χ1v) is 13.1. The highest BCUT2D eigenvalue weighted by Gasteiger charge is 2.39. The topological polar surface area (TPSA) is 96.1 Å². The van der Waals surface area contributed by atoms with E-state index in [-0.39, 0.29) is 30.0 Å². The number of hydrogen-bond donors (Lipinski definition) is 2.